The minimum Gasteiger partial charge on any atom is -0.385 e. The standard InChI is InChI=1S/C17H23F3N4O3S/c1-27-11-3-6-21-14(25)12-23-7-9-24(10-8-23)16(26)13-4-2-5-22-15(13)28-17(18,19)20/h2,4-5H,3,6-12H2,1H3,(H,21,25). The molecule has 2 rings (SSSR count). The van der Waals surface area contributed by atoms with Crippen LogP contribution in [0.5, 0.6) is 0 Å². The second-order valence-corrected chi connectivity index (χ2v) is 7.22. The fourth-order valence-electron chi connectivity index (χ4n) is 2.73. The Morgan fingerprint density at radius 1 is 1.29 bits per heavy atom. The summed E-state index contributed by atoms with van der Waals surface area (Å²) in [5, 5.41) is 2.45. The number of amides is 2. The van der Waals surface area contributed by atoms with Crippen LogP contribution in [0.3, 0.4) is 0 Å². The number of methoxy groups -OCH3 is 1. The van der Waals surface area contributed by atoms with Crippen LogP contribution in [-0.4, -0.2) is 85.1 Å². The van der Waals surface area contributed by atoms with Crippen LogP contribution in [0.25, 0.3) is 0 Å². The largest absolute Gasteiger partial charge is 0.447 e. The summed E-state index contributed by atoms with van der Waals surface area (Å²) in [7, 11) is 1.60. The lowest BCUT2D eigenvalue weighted by atomic mass is 10.2. The maximum absolute atomic E-state index is 12.7. The monoisotopic (exact) mass is 420 g/mol. The van der Waals surface area contributed by atoms with E-state index in [1.807, 2.05) is 4.90 Å². The number of nitrogens with one attached hydrogen (secondary N) is 1. The van der Waals surface area contributed by atoms with Crippen molar-refractivity contribution in [3.8, 4) is 0 Å². The van der Waals surface area contributed by atoms with Gasteiger partial charge in [0.25, 0.3) is 5.91 Å². The summed E-state index contributed by atoms with van der Waals surface area (Å²) in [5.74, 6) is -0.587. The van der Waals surface area contributed by atoms with Gasteiger partial charge in [0.05, 0.1) is 12.1 Å². The fourth-order valence-corrected chi connectivity index (χ4v) is 3.33. The molecule has 0 bridgehead atoms. The Morgan fingerprint density at radius 2 is 2.00 bits per heavy atom. The minimum atomic E-state index is -4.52. The number of nitrogens with zero attached hydrogens (tertiary/aromatic N) is 3. The number of pyridine rings is 1. The number of hydrogen-bond donors (Lipinski definition) is 1. The van der Waals surface area contributed by atoms with E-state index in [1.165, 1.54) is 23.2 Å². The Morgan fingerprint density at radius 3 is 2.64 bits per heavy atom. The third-order valence-corrected chi connectivity index (χ3v) is 4.84. The van der Waals surface area contributed by atoms with Crippen LogP contribution < -0.4 is 5.32 Å². The van der Waals surface area contributed by atoms with E-state index >= 15 is 0 Å². The molecule has 0 saturated carbocycles. The van der Waals surface area contributed by atoms with Crippen LogP contribution in [0, 0.1) is 0 Å². The van der Waals surface area contributed by atoms with E-state index in [2.05, 4.69) is 10.3 Å². The van der Waals surface area contributed by atoms with E-state index in [-0.39, 0.29) is 23.0 Å². The maximum Gasteiger partial charge on any atom is 0.447 e. The van der Waals surface area contributed by atoms with Crippen molar-refractivity contribution in [2.45, 2.75) is 17.0 Å². The quantitative estimate of drug-likeness (QED) is 0.509. The zero-order valence-corrected chi connectivity index (χ0v) is 16.3. The summed E-state index contributed by atoms with van der Waals surface area (Å²) >= 11 is -0.391. The average Bonchev–Trinajstić information content (AvgIpc) is 2.64. The predicted molar refractivity (Wildman–Crippen MR) is 98.0 cm³/mol. The number of halogens is 3. The summed E-state index contributed by atoms with van der Waals surface area (Å²) in [4.78, 5) is 31.6. The van der Waals surface area contributed by atoms with Gasteiger partial charge in [-0.05, 0) is 18.6 Å². The molecule has 11 heteroatoms. The molecule has 7 nitrogen and oxygen atoms in total. The first-order valence-electron chi connectivity index (χ1n) is 8.78. The lowest BCUT2D eigenvalue weighted by Gasteiger charge is -2.34. The summed E-state index contributed by atoms with van der Waals surface area (Å²) < 4.78 is 42.9. The van der Waals surface area contributed by atoms with Crippen molar-refractivity contribution >= 4 is 23.6 Å². The number of alkyl halides is 3. The number of carbonyl (C=O) groups is 2. The Hall–Kier alpha value is -1.85. The van der Waals surface area contributed by atoms with E-state index in [0.717, 1.165) is 6.42 Å². The fraction of sp³-hybridized carbons (Fsp3) is 0.588. The highest BCUT2D eigenvalue weighted by Gasteiger charge is 2.33. The van der Waals surface area contributed by atoms with Gasteiger partial charge in [-0.2, -0.15) is 13.2 Å². The molecule has 1 aromatic rings. The molecule has 2 amide bonds. The molecule has 0 spiro atoms. The highest BCUT2D eigenvalue weighted by molar-refractivity contribution is 8.00. The number of hydrogen-bond acceptors (Lipinski definition) is 6. The molecule has 0 atom stereocenters. The van der Waals surface area contributed by atoms with Gasteiger partial charge in [-0.3, -0.25) is 14.5 Å². The number of aromatic nitrogens is 1. The van der Waals surface area contributed by atoms with Crippen molar-refractivity contribution in [3.63, 3.8) is 0 Å². The van der Waals surface area contributed by atoms with Gasteiger partial charge in [-0.1, -0.05) is 0 Å². The highest BCUT2D eigenvalue weighted by Crippen LogP contribution is 2.37. The first kappa shape index (κ1) is 22.4. The average molecular weight is 420 g/mol. The van der Waals surface area contributed by atoms with Gasteiger partial charge in [-0.15, -0.1) is 0 Å². The van der Waals surface area contributed by atoms with Gasteiger partial charge in [0.2, 0.25) is 5.91 Å². The Labute approximate surface area is 165 Å². The summed E-state index contributed by atoms with van der Waals surface area (Å²) in [5.41, 5.74) is -4.58. The second kappa shape index (κ2) is 10.6. The SMILES string of the molecule is COCCCNC(=O)CN1CCN(C(=O)c2cccnc2SC(F)(F)F)CC1. The molecule has 0 aliphatic carbocycles. The molecule has 1 aliphatic heterocycles. The lowest BCUT2D eigenvalue weighted by Crippen LogP contribution is -2.51. The van der Waals surface area contributed by atoms with Gasteiger partial charge >= 0.3 is 5.51 Å². The molecule has 28 heavy (non-hydrogen) atoms. The van der Waals surface area contributed by atoms with Crippen LogP contribution in [0.2, 0.25) is 0 Å². The van der Waals surface area contributed by atoms with Crippen molar-refractivity contribution in [3.05, 3.63) is 23.9 Å². The first-order chi connectivity index (χ1) is 13.3. The van der Waals surface area contributed by atoms with E-state index < -0.39 is 23.2 Å². The summed E-state index contributed by atoms with van der Waals surface area (Å²) in [6.45, 7) is 2.94. The smallest absolute Gasteiger partial charge is 0.385 e. The third kappa shape index (κ3) is 7.28. The Balaban J connectivity index is 1.85. The number of ether oxygens (including phenoxy) is 1. The molecule has 0 radical (unpaired) electrons. The van der Waals surface area contributed by atoms with Crippen molar-refractivity contribution in [2.24, 2.45) is 0 Å². The normalized spacial score (nSPS) is 15.5. The number of thioether (sulfide) groups is 1. The van der Waals surface area contributed by atoms with Crippen LogP contribution in [0.4, 0.5) is 13.2 Å². The van der Waals surface area contributed by atoms with Crippen molar-refractivity contribution in [1.82, 2.24) is 20.1 Å². The van der Waals surface area contributed by atoms with Crippen LogP contribution in [0.15, 0.2) is 23.4 Å². The molecular weight excluding hydrogens is 397 g/mol. The predicted octanol–water partition coefficient (Wildman–Crippen LogP) is 1.60. The zero-order valence-electron chi connectivity index (χ0n) is 15.5. The molecular formula is C17H23F3N4O3S. The number of carbonyl (C=O) groups excluding carboxylic acids is 2. The molecule has 156 valence electrons. The number of piperazine rings is 1. The molecule has 1 fully saturated rings. The zero-order chi connectivity index (χ0) is 20.6. The molecule has 1 saturated heterocycles. The van der Waals surface area contributed by atoms with Crippen LogP contribution in [-0.2, 0) is 9.53 Å². The van der Waals surface area contributed by atoms with Gasteiger partial charge in [0.1, 0.15) is 5.03 Å². The Kier molecular flexibility index (Phi) is 8.52. The molecule has 1 aliphatic rings. The van der Waals surface area contributed by atoms with E-state index in [4.69, 9.17) is 4.74 Å². The van der Waals surface area contributed by atoms with E-state index in [0.29, 0.717) is 39.3 Å². The van der Waals surface area contributed by atoms with Gasteiger partial charge in [0.15, 0.2) is 0 Å². The third-order valence-electron chi connectivity index (χ3n) is 4.09. The topological polar surface area (TPSA) is 74.8 Å². The van der Waals surface area contributed by atoms with Crippen molar-refractivity contribution < 1.29 is 27.5 Å². The minimum absolute atomic E-state index is 0.0610. The molecule has 1 aromatic heterocycles. The summed E-state index contributed by atoms with van der Waals surface area (Å²) in [6.07, 6.45) is 1.96. The van der Waals surface area contributed by atoms with E-state index in [9.17, 15) is 22.8 Å². The van der Waals surface area contributed by atoms with Gasteiger partial charge in [0, 0.05) is 64.4 Å². The molecule has 1 N–H and O–H groups in total. The van der Waals surface area contributed by atoms with Crippen LogP contribution in [0.1, 0.15) is 16.8 Å². The molecule has 0 unspecified atom stereocenters. The lowest BCUT2D eigenvalue weighted by molar-refractivity contribution is -0.122. The number of rotatable bonds is 8. The van der Waals surface area contributed by atoms with Crippen molar-refractivity contribution in [2.75, 3.05) is 53.0 Å². The molecule has 2 heterocycles. The van der Waals surface area contributed by atoms with Gasteiger partial charge < -0.3 is 15.0 Å². The van der Waals surface area contributed by atoms with Gasteiger partial charge in [-0.25, -0.2) is 4.98 Å². The van der Waals surface area contributed by atoms with E-state index in [1.54, 1.807) is 7.11 Å². The van der Waals surface area contributed by atoms with Crippen LogP contribution >= 0.6 is 11.8 Å². The second-order valence-electron chi connectivity index (χ2n) is 6.17. The highest BCUT2D eigenvalue weighted by atomic mass is 32.2. The Bertz CT molecular complexity index is 667. The first-order valence-corrected chi connectivity index (χ1v) is 9.60. The molecule has 0 aromatic carbocycles. The summed E-state index contributed by atoms with van der Waals surface area (Å²) in [6, 6.07) is 2.79. The van der Waals surface area contributed by atoms with Crippen molar-refractivity contribution in [1.29, 1.82) is 0 Å². The maximum atomic E-state index is 12.7.